The van der Waals surface area contributed by atoms with Crippen LogP contribution in [0.25, 0.3) is 10.2 Å². The predicted octanol–water partition coefficient (Wildman–Crippen LogP) is 4.15. The number of para-hydroxylation sites is 1. The molecule has 3 rings (SSSR count). The Bertz CT molecular complexity index is 653. The van der Waals surface area contributed by atoms with Gasteiger partial charge in [-0.15, -0.1) is 11.3 Å². The zero-order chi connectivity index (χ0) is 13.8. The van der Waals surface area contributed by atoms with Crippen molar-refractivity contribution in [3.8, 4) is 0 Å². The van der Waals surface area contributed by atoms with Crippen molar-refractivity contribution in [2.24, 2.45) is 0 Å². The first-order chi connectivity index (χ1) is 9.85. The fourth-order valence-electron chi connectivity index (χ4n) is 2.20. The highest BCUT2D eigenvalue weighted by molar-refractivity contribution is 7.18. The summed E-state index contributed by atoms with van der Waals surface area (Å²) >= 11 is 1.76. The van der Waals surface area contributed by atoms with Gasteiger partial charge in [0.1, 0.15) is 5.01 Å². The third-order valence-corrected chi connectivity index (χ3v) is 4.41. The van der Waals surface area contributed by atoms with E-state index < -0.39 is 0 Å². The van der Waals surface area contributed by atoms with Gasteiger partial charge in [0.15, 0.2) is 0 Å². The van der Waals surface area contributed by atoms with E-state index in [1.807, 2.05) is 6.07 Å². The van der Waals surface area contributed by atoms with Crippen molar-refractivity contribution in [3.05, 3.63) is 64.7 Å². The van der Waals surface area contributed by atoms with E-state index in [-0.39, 0.29) is 0 Å². The molecule has 0 atom stereocenters. The summed E-state index contributed by atoms with van der Waals surface area (Å²) in [5.74, 6) is 0. The molecule has 0 saturated heterocycles. The van der Waals surface area contributed by atoms with Crippen LogP contribution in [0, 0.1) is 0 Å². The Balaban J connectivity index is 1.58. The second-order valence-electron chi connectivity index (χ2n) is 4.85. The van der Waals surface area contributed by atoms with E-state index in [0.29, 0.717) is 0 Å². The molecule has 2 aromatic carbocycles. The first kappa shape index (κ1) is 13.3. The van der Waals surface area contributed by atoms with Crippen LogP contribution in [0.15, 0.2) is 48.5 Å². The summed E-state index contributed by atoms with van der Waals surface area (Å²) in [5.41, 5.74) is 3.81. The summed E-state index contributed by atoms with van der Waals surface area (Å²) in [7, 11) is 0. The summed E-state index contributed by atoms with van der Waals surface area (Å²) < 4.78 is 1.26. The number of nitrogens with zero attached hydrogens (tertiary/aromatic N) is 1. The molecule has 2 nitrogen and oxygen atoms in total. The minimum atomic E-state index is 0.828. The molecule has 0 aliphatic carbocycles. The van der Waals surface area contributed by atoms with Gasteiger partial charge in [-0.1, -0.05) is 43.3 Å². The third kappa shape index (κ3) is 3.06. The smallest absolute Gasteiger partial charge is 0.108 e. The van der Waals surface area contributed by atoms with E-state index >= 15 is 0 Å². The van der Waals surface area contributed by atoms with Gasteiger partial charge in [-0.25, -0.2) is 4.98 Å². The zero-order valence-electron chi connectivity index (χ0n) is 11.6. The molecule has 102 valence electrons. The van der Waals surface area contributed by atoms with E-state index in [1.54, 1.807) is 11.3 Å². The summed E-state index contributed by atoms with van der Waals surface area (Å²) in [6, 6.07) is 17.1. The molecule has 1 aromatic heterocycles. The van der Waals surface area contributed by atoms with Gasteiger partial charge >= 0.3 is 0 Å². The van der Waals surface area contributed by atoms with E-state index in [0.717, 1.165) is 30.0 Å². The fraction of sp³-hybridized carbons (Fsp3) is 0.235. The number of hydrogen-bond acceptors (Lipinski definition) is 3. The third-order valence-electron chi connectivity index (χ3n) is 3.37. The lowest BCUT2D eigenvalue weighted by molar-refractivity contribution is 0.691. The van der Waals surface area contributed by atoms with Gasteiger partial charge in [0.2, 0.25) is 0 Å². The largest absolute Gasteiger partial charge is 0.306 e. The SMILES string of the molecule is CCc1ccc(CNCc2nc3ccccc3s2)cc1. The van der Waals surface area contributed by atoms with Crippen LogP contribution in [0.1, 0.15) is 23.1 Å². The van der Waals surface area contributed by atoms with E-state index in [1.165, 1.54) is 15.8 Å². The van der Waals surface area contributed by atoms with Crippen molar-refractivity contribution in [2.45, 2.75) is 26.4 Å². The normalized spacial score (nSPS) is 11.1. The van der Waals surface area contributed by atoms with Crippen molar-refractivity contribution in [1.29, 1.82) is 0 Å². The van der Waals surface area contributed by atoms with Crippen molar-refractivity contribution >= 4 is 21.6 Å². The molecule has 20 heavy (non-hydrogen) atoms. The number of aryl methyl sites for hydroxylation is 1. The maximum absolute atomic E-state index is 4.63. The number of benzene rings is 2. The molecular formula is C17H18N2S. The van der Waals surface area contributed by atoms with Gasteiger partial charge in [-0.3, -0.25) is 0 Å². The Hall–Kier alpha value is -1.71. The lowest BCUT2D eigenvalue weighted by atomic mass is 10.1. The quantitative estimate of drug-likeness (QED) is 0.760. The molecule has 0 spiro atoms. The average Bonchev–Trinajstić information content (AvgIpc) is 2.90. The molecule has 1 heterocycles. The van der Waals surface area contributed by atoms with Crippen LogP contribution in [0.4, 0.5) is 0 Å². The van der Waals surface area contributed by atoms with Crippen LogP contribution in [0.2, 0.25) is 0 Å². The Morgan fingerprint density at radius 3 is 2.45 bits per heavy atom. The highest BCUT2D eigenvalue weighted by Crippen LogP contribution is 2.21. The van der Waals surface area contributed by atoms with Crippen LogP contribution >= 0.6 is 11.3 Å². The first-order valence-electron chi connectivity index (χ1n) is 6.98. The Morgan fingerprint density at radius 1 is 0.950 bits per heavy atom. The first-order valence-corrected chi connectivity index (χ1v) is 7.80. The lowest BCUT2D eigenvalue weighted by Gasteiger charge is -2.04. The second kappa shape index (κ2) is 6.16. The van der Waals surface area contributed by atoms with Crippen LogP contribution < -0.4 is 5.32 Å². The number of aromatic nitrogens is 1. The molecule has 0 fully saturated rings. The van der Waals surface area contributed by atoms with Gasteiger partial charge in [0, 0.05) is 13.1 Å². The number of fused-ring (bicyclic) bond motifs is 1. The molecule has 0 unspecified atom stereocenters. The van der Waals surface area contributed by atoms with Crippen molar-refractivity contribution in [3.63, 3.8) is 0 Å². The summed E-state index contributed by atoms with van der Waals surface area (Å²) in [5, 5.41) is 4.61. The Morgan fingerprint density at radius 2 is 1.70 bits per heavy atom. The number of nitrogens with one attached hydrogen (secondary N) is 1. The molecule has 0 aliphatic rings. The summed E-state index contributed by atoms with van der Waals surface area (Å²) in [6.45, 7) is 3.90. The van der Waals surface area contributed by atoms with E-state index in [9.17, 15) is 0 Å². The minimum absolute atomic E-state index is 0.828. The van der Waals surface area contributed by atoms with Gasteiger partial charge in [0.25, 0.3) is 0 Å². The standard InChI is InChI=1S/C17H18N2S/c1-2-13-7-9-14(10-8-13)11-18-12-17-19-15-5-3-4-6-16(15)20-17/h3-10,18H,2,11-12H2,1H3. The average molecular weight is 282 g/mol. The number of thiazole rings is 1. The van der Waals surface area contributed by atoms with Crippen molar-refractivity contribution < 1.29 is 0 Å². The molecule has 0 bridgehead atoms. The van der Waals surface area contributed by atoms with Gasteiger partial charge < -0.3 is 5.32 Å². The van der Waals surface area contributed by atoms with Crippen LogP contribution in [0.5, 0.6) is 0 Å². The maximum atomic E-state index is 4.63. The van der Waals surface area contributed by atoms with Crippen LogP contribution in [-0.4, -0.2) is 4.98 Å². The topological polar surface area (TPSA) is 24.9 Å². The minimum Gasteiger partial charge on any atom is -0.306 e. The molecular weight excluding hydrogens is 264 g/mol. The summed E-state index contributed by atoms with van der Waals surface area (Å²) in [4.78, 5) is 4.63. The Labute approximate surface area is 123 Å². The molecule has 3 aromatic rings. The Kier molecular flexibility index (Phi) is 4.09. The van der Waals surface area contributed by atoms with Gasteiger partial charge in [-0.05, 0) is 29.7 Å². The lowest BCUT2D eigenvalue weighted by Crippen LogP contribution is -2.12. The number of rotatable bonds is 5. The molecule has 0 amide bonds. The van der Waals surface area contributed by atoms with Crippen LogP contribution in [0.3, 0.4) is 0 Å². The molecule has 0 aliphatic heterocycles. The highest BCUT2D eigenvalue weighted by atomic mass is 32.1. The predicted molar refractivity (Wildman–Crippen MR) is 86.0 cm³/mol. The van der Waals surface area contributed by atoms with E-state index in [4.69, 9.17) is 0 Å². The highest BCUT2D eigenvalue weighted by Gasteiger charge is 2.02. The van der Waals surface area contributed by atoms with Gasteiger partial charge in [-0.2, -0.15) is 0 Å². The second-order valence-corrected chi connectivity index (χ2v) is 5.96. The van der Waals surface area contributed by atoms with Crippen molar-refractivity contribution in [1.82, 2.24) is 10.3 Å². The molecule has 0 radical (unpaired) electrons. The monoisotopic (exact) mass is 282 g/mol. The number of hydrogen-bond donors (Lipinski definition) is 1. The maximum Gasteiger partial charge on any atom is 0.108 e. The van der Waals surface area contributed by atoms with Crippen molar-refractivity contribution in [2.75, 3.05) is 0 Å². The van der Waals surface area contributed by atoms with Gasteiger partial charge in [0.05, 0.1) is 10.2 Å². The molecule has 0 saturated carbocycles. The fourth-order valence-corrected chi connectivity index (χ4v) is 3.14. The zero-order valence-corrected chi connectivity index (χ0v) is 12.4. The summed E-state index contributed by atoms with van der Waals surface area (Å²) in [6.07, 6.45) is 1.10. The van der Waals surface area contributed by atoms with Crippen LogP contribution in [-0.2, 0) is 19.5 Å². The van der Waals surface area contributed by atoms with E-state index in [2.05, 4.69) is 59.7 Å². The molecule has 1 N–H and O–H groups in total. The molecule has 3 heteroatoms.